The average molecular weight is 426 g/mol. The molecule has 1 saturated carbocycles. The van der Waals surface area contributed by atoms with Gasteiger partial charge in [0.2, 0.25) is 5.91 Å². The van der Waals surface area contributed by atoms with Crippen molar-refractivity contribution in [2.24, 2.45) is 23.7 Å². The number of aryl methyl sites for hydroxylation is 1. The van der Waals surface area contributed by atoms with Crippen LogP contribution in [0.15, 0.2) is 42.5 Å². The van der Waals surface area contributed by atoms with Gasteiger partial charge in [-0.25, -0.2) is 4.79 Å². The van der Waals surface area contributed by atoms with Crippen molar-refractivity contribution in [2.45, 2.75) is 20.3 Å². The third kappa shape index (κ3) is 3.43. The average Bonchev–Trinajstić information content (AvgIpc) is 3.41. The van der Waals surface area contributed by atoms with Crippen molar-refractivity contribution in [3.8, 4) is 11.1 Å². The first kappa shape index (κ1) is 20.3. The molecule has 156 valence electrons. The van der Waals surface area contributed by atoms with E-state index < -0.39 is 23.8 Å². The van der Waals surface area contributed by atoms with E-state index in [1.807, 2.05) is 49.4 Å². The summed E-state index contributed by atoms with van der Waals surface area (Å²) < 4.78 is 5.27. The zero-order chi connectivity index (χ0) is 21.4. The molecule has 1 amide bonds. The summed E-state index contributed by atoms with van der Waals surface area (Å²) in [7, 11) is 0. The number of thiophene rings is 1. The van der Waals surface area contributed by atoms with Gasteiger partial charge in [-0.2, -0.15) is 0 Å². The van der Waals surface area contributed by atoms with Crippen molar-refractivity contribution in [1.82, 2.24) is 0 Å². The predicted molar refractivity (Wildman–Crippen MR) is 114 cm³/mol. The Hall–Kier alpha value is -2.93. The number of hydrogen-bond acceptors (Lipinski definition) is 5. The van der Waals surface area contributed by atoms with Gasteiger partial charge in [-0.3, -0.25) is 9.59 Å². The second kappa shape index (κ2) is 8.07. The summed E-state index contributed by atoms with van der Waals surface area (Å²) in [6.07, 6.45) is 4.52. The molecule has 4 rings (SSSR count). The molecule has 1 aromatic carbocycles. The quantitative estimate of drug-likeness (QED) is 0.530. The lowest BCUT2D eigenvalue weighted by atomic mass is 9.82. The Morgan fingerprint density at radius 3 is 2.43 bits per heavy atom. The molecular formula is C23H23NO5S. The Labute approximate surface area is 178 Å². The van der Waals surface area contributed by atoms with E-state index in [0.29, 0.717) is 17.0 Å². The molecule has 30 heavy (non-hydrogen) atoms. The summed E-state index contributed by atoms with van der Waals surface area (Å²) in [5.41, 5.74) is 1.92. The second-order valence-corrected chi connectivity index (χ2v) is 8.88. The van der Waals surface area contributed by atoms with Gasteiger partial charge >= 0.3 is 11.9 Å². The monoisotopic (exact) mass is 425 g/mol. The maximum Gasteiger partial charge on any atom is 0.341 e. The molecule has 2 aromatic rings. The van der Waals surface area contributed by atoms with Crippen LogP contribution in [-0.4, -0.2) is 29.6 Å². The number of ether oxygens (including phenoxy) is 1. The minimum Gasteiger partial charge on any atom is -0.481 e. The highest BCUT2D eigenvalue weighted by molar-refractivity contribution is 7.17. The van der Waals surface area contributed by atoms with Gasteiger partial charge in [0.15, 0.2) is 0 Å². The molecule has 2 aliphatic rings. The Bertz CT molecular complexity index is 1030. The first-order valence-electron chi connectivity index (χ1n) is 10.00. The molecule has 1 aromatic heterocycles. The van der Waals surface area contributed by atoms with Crippen LogP contribution in [-0.2, 0) is 14.3 Å². The number of rotatable bonds is 6. The fourth-order valence-electron chi connectivity index (χ4n) is 4.69. The third-order valence-corrected chi connectivity index (χ3v) is 6.93. The molecule has 0 radical (unpaired) electrons. The van der Waals surface area contributed by atoms with Gasteiger partial charge in [-0.05, 0) is 37.7 Å². The molecule has 0 aliphatic heterocycles. The number of aliphatic carboxylic acids is 1. The van der Waals surface area contributed by atoms with E-state index in [4.69, 9.17) is 4.74 Å². The fourth-order valence-corrected chi connectivity index (χ4v) is 5.76. The Kier molecular flexibility index (Phi) is 5.47. The summed E-state index contributed by atoms with van der Waals surface area (Å²) in [5, 5.41) is 12.9. The Morgan fingerprint density at radius 2 is 1.80 bits per heavy atom. The smallest absolute Gasteiger partial charge is 0.341 e. The molecule has 0 spiro atoms. The molecule has 0 saturated heterocycles. The topological polar surface area (TPSA) is 92.7 Å². The lowest BCUT2D eigenvalue weighted by molar-refractivity contribution is -0.146. The van der Waals surface area contributed by atoms with E-state index in [9.17, 15) is 19.5 Å². The van der Waals surface area contributed by atoms with Gasteiger partial charge in [0.05, 0.1) is 18.4 Å². The normalized spacial score (nSPS) is 24.1. The van der Waals surface area contributed by atoms with Gasteiger partial charge in [-0.15, -0.1) is 11.3 Å². The first-order valence-corrected chi connectivity index (χ1v) is 10.8. The second-order valence-electron chi connectivity index (χ2n) is 7.65. The number of carboxylic acids is 1. The van der Waals surface area contributed by atoms with Crippen molar-refractivity contribution in [1.29, 1.82) is 0 Å². The molecule has 1 heterocycles. The molecule has 0 unspecified atom stereocenters. The lowest BCUT2D eigenvalue weighted by Crippen LogP contribution is -2.36. The van der Waals surface area contributed by atoms with Crippen LogP contribution in [0.4, 0.5) is 5.00 Å². The van der Waals surface area contributed by atoms with Crippen LogP contribution in [0.3, 0.4) is 0 Å². The molecule has 1 fully saturated rings. The Balaban J connectivity index is 1.71. The minimum atomic E-state index is -0.954. The van der Waals surface area contributed by atoms with Crippen molar-refractivity contribution in [2.75, 3.05) is 11.9 Å². The number of carboxylic acid groups (broad SMARTS) is 1. The van der Waals surface area contributed by atoms with Crippen LogP contribution < -0.4 is 5.32 Å². The van der Waals surface area contributed by atoms with E-state index in [1.165, 1.54) is 11.3 Å². The zero-order valence-corrected chi connectivity index (χ0v) is 17.6. The van der Waals surface area contributed by atoms with E-state index >= 15 is 0 Å². The number of carbonyl (C=O) groups excluding carboxylic acids is 2. The SMILES string of the molecule is CCOC(=O)c1c(NC(=O)[C@@H]2[C@@H](C(=O)O)[C@H]3C=C[C@H]2C3)sc(C)c1-c1ccccc1. The molecule has 6 nitrogen and oxygen atoms in total. The molecule has 2 N–H and O–H groups in total. The molecule has 7 heteroatoms. The van der Waals surface area contributed by atoms with Crippen molar-refractivity contribution in [3.63, 3.8) is 0 Å². The summed E-state index contributed by atoms with van der Waals surface area (Å²) in [6.45, 7) is 3.84. The van der Waals surface area contributed by atoms with Crippen molar-refractivity contribution in [3.05, 3.63) is 52.9 Å². The molecule has 4 atom stereocenters. The number of carbonyl (C=O) groups is 3. The molecule has 2 bridgehead atoms. The van der Waals surface area contributed by atoms with Crippen LogP contribution in [0, 0.1) is 30.6 Å². The van der Waals surface area contributed by atoms with Gasteiger partial charge in [0.1, 0.15) is 10.6 Å². The highest BCUT2D eigenvalue weighted by atomic mass is 32.1. The maximum atomic E-state index is 13.2. The van der Waals surface area contributed by atoms with Gasteiger partial charge in [0.25, 0.3) is 0 Å². The molecule has 2 aliphatic carbocycles. The number of fused-ring (bicyclic) bond motifs is 2. The van der Waals surface area contributed by atoms with E-state index in [-0.39, 0.29) is 24.3 Å². The highest BCUT2D eigenvalue weighted by Gasteiger charge is 2.51. The first-order chi connectivity index (χ1) is 14.4. The van der Waals surface area contributed by atoms with E-state index in [0.717, 1.165) is 16.0 Å². The fraction of sp³-hybridized carbons (Fsp3) is 0.348. The molecular weight excluding hydrogens is 402 g/mol. The van der Waals surface area contributed by atoms with E-state index in [2.05, 4.69) is 5.32 Å². The van der Waals surface area contributed by atoms with Crippen LogP contribution in [0.2, 0.25) is 0 Å². The van der Waals surface area contributed by atoms with Crippen LogP contribution >= 0.6 is 11.3 Å². The number of benzene rings is 1. The Morgan fingerprint density at radius 1 is 1.13 bits per heavy atom. The number of allylic oxidation sites excluding steroid dienone is 2. The van der Waals surface area contributed by atoms with Gasteiger partial charge in [0, 0.05) is 10.4 Å². The van der Waals surface area contributed by atoms with Crippen LogP contribution in [0.1, 0.15) is 28.6 Å². The number of nitrogens with one attached hydrogen (secondary N) is 1. The van der Waals surface area contributed by atoms with Crippen LogP contribution in [0.25, 0.3) is 11.1 Å². The highest BCUT2D eigenvalue weighted by Crippen LogP contribution is 2.49. The third-order valence-electron chi connectivity index (χ3n) is 5.91. The lowest BCUT2D eigenvalue weighted by Gasteiger charge is -2.23. The zero-order valence-electron chi connectivity index (χ0n) is 16.8. The van der Waals surface area contributed by atoms with Gasteiger partial charge < -0.3 is 15.2 Å². The van der Waals surface area contributed by atoms with Crippen molar-refractivity contribution < 1.29 is 24.2 Å². The largest absolute Gasteiger partial charge is 0.481 e. The predicted octanol–water partition coefficient (Wildman–Crippen LogP) is 4.36. The van der Waals surface area contributed by atoms with Crippen LogP contribution in [0.5, 0.6) is 0 Å². The van der Waals surface area contributed by atoms with E-state index in [1.54, 1.807) is 6.92 Å². The number of amides is 1. The number of hydrogen-bond donors (Lipinski definition) is 2. The summed E-state index contributed by atoms with van der Waals surface area (Å²) in [4.78, 5) is 38.6. The standard InChI is InChI=1S/C23H23NO5S/c1-3-29-23(28)19-16(13-7-5-4-6-8-13)12(2)30-21(19)24-20(25)17-14-9-10-15(11-14)18(17)22(26)27/h4-10,14-15,17-18H,3,11H2,1-2H3,(H,24,25)(H,26,27)/t14-,15-,17-,18-/m0/s1. The summed E-state index contributed by atoms with van der Waals surface area (Å²) >= 11 is 1.31. The van der Waals surface area contributed by atoms with Crippen molar-refractivity contribution >= 4 is 34.2 Å². The summed E-state index contributed by atoms with van der Waals surface area (Å²) in [5.74, 6) is -3.39. The number of esters is 1. The minimum absolute atomic E-state index is 0.0863. The number of anilines is 1. The van der Waals surface area contributed by atoms with Gasteiger partial charge in [-0.1, -0.05) is 42.5 Å². The maximum absolute atomic E-state index is 13.2. The summed E-state index contributed by atoms with van der Waals surface area (Å²) in [6, 6.07) is 9.49.